The Hall–Kier alpha value is -6.18. The Bertz CT molecular complexity index is 2200. The molecule has 0 bridgehead atoms. The van der Waals surface area contributed by atoms with E-state index in [1.54, 1.807) is 11.3 Å². The Kier molecular flexibility index (Phi) is 6.54. The van der Waals surface area contributed by atoms with Crippen LogP contribution in [-0.2, 0) is 0 Å². The first kappa shape index (κ1) is 27.2. The van der Waals surface area contributed by atoms with Crippen molar-refractivity contribution in [3.05, 3.63) is 158 Å². The normalized spacial score (nSPS) is 12.2. The summed E-state index contributed by atoms with van der Waals surface area (Å²) in [6, 6.07) is 54.1. The molecule has 2 aromatic heterocycles. The first-order valence-electron chi connectivity index (χ1n) is 15.4. The number of rotatable bonds is 5. The second kappa shape index (κ2) is 11.3. The Labute approximate surface area is 275 Å². The zero-order valence-corrected chi connectivity index (χ0v) is 25.9. The van der Waals surface area contributed by atoms with Gasteiger partial charge in [0.2, 0.25) is 0 Å². The lowest BCUT2D eigenvalue weighted by molar-refractivity contribution is 1.07. The van der Waals surface area contributed by atoms with E-state index in [0.29, 0.717) is 17.5 Å². The third kappa shape index (κ3) is 4.81. The maximum absolute atomic E-state index is 5.16. The molecular formula is C40H26N6S. The molecule has 47 heavy (non-hydrogen) atoms. The van der Waals surface area contributed by atoms with Gasteiger partial charge in [0.05, 0.1) is 33.0 Å². The van der Waals surface area contributed by atoms with E-state index in [2.05, 4.69) is 107 Å². The molecule has 9 rings (SSSR count). The summed E-state index contributed by atoms with van der Waals surface area (Å²) in [5.74, 6) is 1.79. The Morgan fingerprint density at radius 3 is 1.32 bits per heavy atom. The number of aromatic nitrogens is 4. The summed E-state index contributed by atoms with van der Waals surface area (Å²) in [5.41, 5.74) is 9.26. The fraction of sp³-hybridized carbons (Fsp3) is 0. The van der Waals surface area contributed by atoms with E-state index < -0.39 is 0 Å². The molecule has 0 radical (unpaired) electrons. The fourth-order valence-electron chi connectivity index (χ4n) is 6.12. The molecule has 7 heteroatoms. The van der Waals surface area contributed by atoms with Gasteiger partial charge in [0.25, 0.3) is 0 Å². The zero-order chi connectivity index (χ0) is 31.2. The molecule has 3 heterocycles. The van der Waals surface area contributed by atoms with Gasteiger partial charge in [-0.05, 0) is 48.5 Å². The van der Waals surface area contributed by atoms with Crippen molar-refractivity contribution in [2.24, 2.45) is 0 Å². The van der Waals surface area contributed by atoms with Crippen LogP contribution in [0.15, 0.2) is 158 Å². The monoisotopic (exact) mass is 622 g/mol. The first-order chi connectivity index (χ1) is 23.3. The van der Waals surface area contributed by atoms with Gasteiger partial charge in [-0.15, -0.1) is 11.3 Å². The molecule has 0 saturated heterocycles. The molecule has 0 saturated carbocycles. The largest absolute Gasteiger partial charge is 0.306 e. The number of thiazole rings is 1. The molecule has 0 N–H and O–H groups in total. The Balaban J connectivity index is 1.26. The average Bonchev–Trinajstić information content (AvgIpc) is 3.57. The molecule has 8 aromatic rings. The van der Waals surface area contributed by atoms with Gasteiger partial charge in [-0.25, -0.2) is 19.9 Å². The van der Waals surface area contributed by atoms with Gasteiger partial charge in [-0.3, -0.25) is 0 Å². The van der Waals surface area contributed by atoms with E-state index in [0.717, 1.165) is 60.5 Å². The van der Waals surface area contributed by atoms with Crippen LogP contribution in [0.25, 0.3) is 43.8 Å². The van der Waals surface area contributed by atoms with Crippen LogP contribution < -0.4 is 9.80 Å². The summed E-state index contributed by atoms with van der Waals surface area (Å²) in [7, 11) is 0. The highest BCUT2D eigenvalue weighted by Crippen LogP contribution is 2.55. The van der Waals surface area contributed by atoms with Crippen LogP contribution in [-0.4, -0.2) is 19.9 Å². The number of hydrogen-bond donors (Lipinski definition) is 0. The maximum Gasteiger partial charge on any atom is 0.192 e. The third-order valence-electron chi connectivity index (χ3n) is 8.25. The Morgan fingerprint density at radius 2 is 0.809 bits per heavy atom. The minimum absolute atomic E-state index is 0.556. The van der Waals surface area contributed by atoms with Gasteiger partial charge in [-0.1, -0.05) is 109 Å². The van der Waals surface area contributed by atoms with Crippen molar-refractivity contribution >= 4 is 55.7 Å². The van der Waals surface area contributed by atoms with Gasteiger partial charge in [0, 0.05) is 22.5 Å². The molecule has 0 unspecified atom stereocenters. The van der Waals surface area contributed by atoms with Crippen LogP contribution >= 0.6 is 11.3 Å². The summed E-state index contributed by atoms with van der Waals surface area (Å²) in [5, 5.41) is 0.745. The number of fused-ring (bicyclic) bond motifs is 3. The van der Waals surface area contributed by atoms with E-state index in [1.165, 1.54) is 0 Å². The highest BCUT2D eigenvalue weighted by Gasteiger charge is 2.31. The number of benzene rings is 6. The lowest BCUT2D eigenvalue weighted by atomic mass is 10.0. The molecule has 1 aliphatic rings. The van der Waals surface area contributed by atoms with Gasteiger partial charge < -0.3 is 9.80 Å². The predicted octanol–water partition coefficient (Wildman–Crippen LogP) is 10.7. The smallest absolute Gasteiger partial charge is 0.192 e. The summed E-state index contributed by atoms with van der Waals surface area (Å²) in [6.45, 7) is 0. The number of anilines is 6. The van der Waals surface area contributed by atoms with Crippen LogP contribution in [0.3, 0.4) is 0 Å². The molecule has 6 aromatic carbocycles. The molecule has 222 valence electrons. The highest BCUT2D eigenvalue weighted by molar-refractivity contribution is 7.21. The standard InChI is InChI=1S/C40H26N6S/c1-5-15-27(16-6-1)37-42-38(28-17-7-2-8-18-28)44-39(43-37)40-41-31-25-34-35(26-36(31)47-40)46(30-21-11-4-12-22-30)33-24-14-13-23-32(33)45(34)29-19-9-3-10-20-29/h1-26H. The lowest BCUT2D eigenvalue weighted by Crippen LogP contribution is -2.23. The second-order valence-electron chi connectivity index (χ2n) is 11.2. The van der Waals surface area contributed by atoms with E-state index in [1.807, 2.05) is 60.7 Å². The molecular weight excluding hydrogens is 597 g/mol. The molecule has 0 fully saturated rings. The molecule has 0 amide bonds. The third-order valence-corrected chi connectivity index (χ3v) is 9.26. The summed E-state index contributed by atoms with van der Waals surface area (Å²) in [4.78, 5) is 24.6. The van der Waals surface area contributed by atoms with E-state index in [4.69, 9.17) is 19.9 Å². The zero-order valence-electron chi connectivity index (χ0n) is 25.1. The van der Waals surface area contributed by atoms with E-state index >= 15 is 0 Å². The number of para-hydroxylation sites is 4. The summed E-state index contributed by atoms with van der Waals surface area (Å²) < 4.78 is 1.05. The fourth-order valence-corrected chi connectivity index (χ4v) is 7.04. The summed E-state index contributed by atoms with van der Waals surface area (Å²) >= 11 is 1.60. The van der Waals surface area contributed by atoms with Gasteiger partial charge in [0.1, 0.15) is 0 Å². The van der Waals surface area contributed by atoms with Crippen molar-refractivity contribution in [3.8, 4) is 33.6 Å². The minimum atomic E-state index is 0.556. The minimum Gasteiger partial charge on any atom is -0.306 e. The van der Waals surface area contributed by atoms with Gasteiger partial charge in [-0.2, -0.15) is 0 Å². The van der Waals surface area contributed by atoms with Gasteiger partial charge >= 0.3 is 0 Å². The van der Waals surface area contributed by atoms with Crippen molar-refractivity contribution in [2.75, 3.05) is 9.80 Å². The molecule has 1 aliphatic heterocycles. The Morgan fingerprint density at radius 1 is 0.383 bits per heavy atom. The topological polar surface area (TPSA) is 58.0 Å². The van der Waals surface area contributed by atoms with Crippen molar-refractivity contribution in [3.63, 3.8) is 0 Å². The van der Waals surface area contributed by atoms with Gasteiger partial charge in [0.15, 0.2) is 22.5 Å². The SMILES string of the molecule is c1ccc(-c2nc(-c3ccccc3)nc(-c3nc4cc5c(cc4s3)N(c3ccccc3)c3ccccc3N5c3ccccc3)n2)cc1. The summed E-state index contributed by atoms with van der Waals surface area (Å²) in [6.07, 6.45) is 0. The molecule has 0 aliphatic carbocycles. The second-order valence-corrected chi connectivity index (χ2v) is 12.2. The first-order valence-corrected chi connectivity index (χ1v) is 16.2. The van der Waals surface area contributed by atoms with Crippen molar-refractivity contribution < 1.29 is 0 Å². The molecule has 0 spiro atoms. The highest BCUT2D eigenvalue weighted by atomic mass is 32.1. The van der Waals surface area contributed by atoms with Crippen LogP contribution in [0.2, 0.25) is 0 Å². The van der Waals surface area contributed by atoms with Crippen LogP contribution in [0, 0.1) is 0 Å². The van der Waals surface area contributed by atoms with Crippen molar-refractivity contribution in [1.82, 2.24) is 19.9 Å². The van der Waals surface area contributed by atoms with Crippen LogP contribution in [0.4, 0.5) is 34.1 Å². The quantitative estimate of drug-likeness (QED) is 0.190. The van der Waals surface area contributed by atoms with E-state index in [-0.39, 0.29) is 0 Å². The van der Waals surface area contributed by atoms with Crippen molar-refractivity contribution in [1.29, 1.82) is 0 Å². The number of hydrogen-bond acceptors (Lipinski definition) is 7. The predicted molar refractivity (Wildman–Crippen MR) is 192 cm³/mol. The van der Waals surface area contributed by atoms with Crippen LogP contribution in [0.5, 0.6) is 0 Å². The van der Waals surface area contributed by atoms with Crippen molar-refractivity contribution in [2.45, 2.75) is 0 Å². The average molecular weight is 623 g/mol. The lowest BCUT2D eigenvalue weighted by Gasteiger charge is -2.40. The van der Waals surface area contributed by atoms with E-state index in [9.17, 15) is 0 Å². The van der Waals surface area contributed by atoms with Crippen LogP contribution in [0.1, 0.15) is 0 Å². The molecule has 0 atom stereocenters. The molecule has 6 nitrogen and oxygen atoms in total. The maximum atomic E-state index is 5.16. The number of nitrogens with zero attached hydrogens (tertiary/aromatic N) is 6.